The smallest absolute Gasteiger partial charge is 0.199 e. The summed E-state index contributed by atoms with van der Waals surface area (Å²) in [6, 6.07) is 7.74. The van der Waals surface area contributed by atoms with E-state index < -0.39 is 0 Å². The topological polar surface area (TPSA) is 27.7 Å². The van der Waals surface area contributed by atoms with Crippen LogP contribution in [0.4, 0.5) is 0 Å². The first-order chi connectivity index (χ1) is 8.88. The molecule has 4 heteroatoms. The molecular formula is C14H19BrO3. The van der Waals surface area contributed by atoms with E-state index >= 15 is 0 Å². The van der Waals surface area contributed by atoms with Crippen molar-refractivity contribution in [1.82, 2.24) is 0 Å². The van der Waals surface area contributed by atoms with Gasteiger partial charge in [0, 0.05) is 11.8 Å². The number of ether oxygens (including phenoxy) is 3. The van der Waals surface area contributed by atoms with Crippen LogP contribution in [0.2, 0.25) is 0 Å². The molecule has 1 aromatic rings. The molecule has 2 rings (SSSR count). The molecule has 1 saturated heterocycles. The zero-order valence-corrected chi connectivity index (χ0v) is 12.0. The van der Waals surface area contributed by atoms with Gasteiger partial charge in [0.1, 0.15) is 11.5 Å². The Labute approximate surface area is 117 Å². The van der Waals surface area contributed by atoms with Gasteiger partial charge in [0.05, 0.1) is 13.2 Å². The molecular weight excluding hydrogens is 296 g/mol. The predicted octanol–water partition coefficient (Wildman–Crippen LogP) is 3.76. The van der Waals surface area contributed by atoms with E-state index in [1.54, 1.807) is 0 Å². The number of hydrogen-bond acceptors (Lipinski definition) is 3. The highest BCUT2D eigenvalue weighted by Gasteiger charge is 2.14. The molecule has 1 fully saturated rings. The molecule has 18 heavy (non-hydrogen) atoms. The molecule has 0 spiro atoms. The average molecular weight is 315 g/mol. The van der Waals surface area contributed by atoms with Crippen molar-refractivity contribution in [2.45, 2.75) is 32.0 Å². The van der Waals surface area contributed by atoms with Gasteiger partial charge in [0.25, 0.3) is 0 Å². The SMILES string of the molecule is BrCCCOc1ccc(OC2CCCCO2)cc1. The third kappa shape index (κ3) is 4.50. The fourth-order valence-electron chi connectivity index (χ4n) is 1.81. The molecule has 0 amide bonds. The molecule has 1 aromatic carbocycles. The summed E-state index contributed by atoms with van der Waals surface area (Å²) in [4.78, 5) is 0. The molecule has 0 saturated carbocycles. The maximum atomic E-state index is 5.75. The highest BCUT2D eigenvalue weighted by atomic mass is 79.9. The molecule has 1 aliphatic rings. The van der Waals surface area contributed by atoms with Crippen molar-refractivity contribution < 1.29 is 14.2 Å². The van der Waals surface area contributed by atoms with E-state index in [-0.39, 0.29) is 6.29 Å². The van der Waals surface area contributed by atoms with Crippen LogP contribution in [0.5, 0.6) is 11.5 Å². The minimum Gasteiger partial charge on any atom is -0.494 e. The Hall–Kier alpha value is -0.740. The van der Waals surface area contributed by atoms with Gasteiger partial charge in [-0.05, 0) is 43.5 Å². The number of rotatable bonds is 6. The van der Waals surface area contributed by atoms with Crippen LogP contribution in [0.15, 0.2) is 24.3 Å². The first-order valence-electron chi connectivity index (χ1n) is 6.45. The minimum absolute atomic E-state index is 0.0843. The van der Waals surface area contributed by atoms with E-state index in [9.17, 15) is 0 Å². The average Bonchev–Trinajstić information content (AvgIpc) is 2.42. The summed E-state index contributed by atoms with van der Waals surface area (Å²) in [6.07, 6.45) is 4.22. The van der Waals surface area contributed by atoms with Crippen LogP contribution < -0.4 is 9.47 Å². The maximum absolute atomic E-state index is 5.75. The van der Waals surface area contributed by atoms with Crippen LogP contribution in [-0.4, -0.2) is 24.8 Å². The van der Waals surface area contributed by atoms with E-state index in [4.69, 9.17) is 14.2 Å². The molecule has 0 aromatic heterocycles. The van der Waals surface area contributed by atoms with Gasteiger partial charge in [-0.15, -0.1) is 0 Å². The van der Waals surface area contributed by atoms with E-state index in [0.717, 1.165) is 49.3 Å². The maximum Gasteiger partial charge on any atom is 0.199 e. The summed E-state index contributed by atoms with van der Waals surface area (Å²) in [6.45, 7) is 1.54. The number of alkyl halides is 1. The van der Waals surface area contributed by atoms with E-state index in [1.165, 1.54) is 6.42 Å². The Balaban J connectivity index is 1.79. The zero-order chi connectivity index (χ0) is 12.6. The van der Waals surface area contributed by atoms with Gasteiger partial charge in [-0.3, -0.25) is 0 Å². The van der Waals surface area contributed by atoms with Crippen molar-refractivity contribution >= 4 is 15.9 Å². The lowest BCUT2D eigenvalue weighted by molar-refractivity contribution is -0.105. The van der Waals surface area contributed by atoms with Crippen LogP contribution >= 0.6 is 15.9 Å². The quantitative estimate of drug-likeness (QED) is 0.591. The van der Waals surface area contributed by atoms with Crippen molar-refractivity contribution in [1.29, 1.82) is 0 Å². The second kappa shape index (κ2) is 7.64. The van der Waals surface area contributed by atoms with Crippen molar-refractivity contribution in [3.63, 3.8) is 0 Å². The molecule has 100 valence electrons. The molecule has 1 unspecified atom stereocenters. The fourth-order valence-corrected chi connectivity index (χ4v) is 2.04. The third-order valence-corrected chi connectivity index (χ3v) is 3.34. The van der Waals surface area contributed by atoms with Gasteiger partial charge in [-0.25, -0.2) is 0 Å². The lowest BCUT2D eigenvalue weighted by atomic mass is 10.2. The van der Waals surface area contributed by atoms with Crippen LogP contribution in [-0.2, 0) is 4.74 Å². The Morgan fingerprint density at radius 3 is 2.61 bits per heavy atom. The number of hydrogen-bond donors (Lipinski definition) is 0. The summed E-state index contributed by atoms with van der Waals surface area (Å²) < 4.78 is 16.9. The lowest BCUT2D eigenvalue weighted by Gasteiger charge is -2.23. The minimum atomic E-state index is -0.0843. The second-order valence-corrected chi connectivity index (χ2v) is 5.07. The molecule has 0 aliphatic carbocycles. The third-order valence-electron chi connectivity index (χ3n) is 2.78. The molecule has 1 atom stereocenters. The molecule has 0 N–H and O–H groups in total. The van der Waals surface area contributed by atoms with Crippen molar-refractivity contribution in [3.8, 4) is 11.5 Å². The molecule has 0 bridgehead atoms. The summed E-state index contributed by atoms with van der Waals surface area (Å²) in [7, 11) is 0. The zero-order valence-electron chi connectivity index (χ0n) is 10.4. The molecule has 0 radical (unpaired) electrons. The van der Waals surface area contributed by atoms with E-state index in [0.29, 0.717) is 0 Å². The van der Waals surface area contributed by atoms with E-state index in [2.05, 4.69) is 15.9 Å². The van der Waals surface area contributed by atoms with Gasteiger partial charge < -0.3 is 14.2 Å². The van der Waals surface area contributed by atoms with Gasteiger partial charge in [-0.1, -0.05) is 15.9 Å². The van der Waals surface area contributed by atoms with Gasteiger partial charge >= 0.3 is 0 Å². The Morgan fingerprint density at radius 2 is 1.94 bits per heavy atom. The summed E-state index contributed by atoms with van der Waals surface area (Å²) in [5.41, 5.74) is 0. The fraction of sp³-hybridized carbons (Fsp3) is 0.571. The molecule has 1 aliphatic heterocycles. The first-order valence-corrected chi connectivity index (χ1v) is 7.58. The van der Waals surface area contributed by atoms with Crippen LogP contribution in [0.25, 0.3) is 0 Å². The molecule has 3 nitrogen and oxygen atoms in total. The molecule has 1 heterocycles. The summed E-state index contributed by atoms with van der Waals surface area (Å²) in [5, 5.41) is 0.965. The Kier molecular flexibility index (Phi) is 5.81. The van der Waals surface area contributed by atoms with Crippen LogP contribution in [0, 0.1) is 0 Å². The van der Waals surface area contributed by atoms with Gasteiger partial charge in [-0.2, -0.15) is 0 Å². The van der Waals surface area contributed by atoms with Crippen LogP contribution in [0.3, 0.4) is 0 Å². The predicted molar refractivity (Wildman–Crippen MR) is 74.6 cm³/mol. The second-order valence-electron chi connectivity index (χ2n) is 4.28. The standard InChI is InChI=1S/C14H19BrO3/c15-9-3-11-16-12-5-7-13(8-6-12)18-14-4-1-2-10-17-14/h5-8,14H,1-4,9-11H2. The van der Waals surface area contributed by atoms with Gasteiger partial charge in [0.2, 0.25) is 0 Å². The number of benzene rings is 1. The lowest BCUT2D eigenvalue weighted by Crippen LogP contribution is -2.24. The monoisotopic (exact) mass is 314 g/mol. The van der Waals surface area contributed by atoms with E-state index in [1.807, 2.05) is 24.3 Å². The first kappa shape index (κ1) is 13.7. The van der Waals surface area contributed by atoms with Crippen LogP contribution in [0.1, 0.15) is 25.7 Å². The number of halogens is 1. The van der Waals surface area contributed by atoms with Gasteiger partial charge in [0.15, 0.2) is 6.29 Å². The summed E-state index contributed by atoms with van der Waals surface area (Å²) >= 11 is 3.38. The Bertz CT molecular complexity index is 333. The van der Waals surface area contributed by atoms with Crippen molar-refractivity contribution in [2.75, 3.05) is 18.5 Å². The highest BCUT2D eigenvalue weighted by molar-refractivity contribution is 9.09. The largest absolute Gasteiger partial charge is 0.494 e. The normalized spacial score (nSPS) is 19.5. The van der Waals surface area contributed by atoms with Crippen molar-refractivity contribution in [3.05, 3.63) is 24.3 Å². The van der Waals surface area contributed by atoms with Crippen molar-refractivity contribution in [2.24, 2.45) is 0 Å². The highest BCUT2D eigenvalue weighted by Crippen LogP contribution is 2.22. The Morgan fingerprint density at radius 1 is 1.17 bits per heavy atom. The summed E-state index contributed by atoms with van der Waals surface area (Å²) in [5.74, 6) is 1.72.